The van der Waals surface area contributed by atoms with E-state index in [2.05, 4.69) is 4.72 Å². The van der Waals surface area contributed by atoms with Crippen molar-refractivity contribution in [2.75, 3.05) is 0 Å². The van der Waals surface area contributed by atoms with Crippen LogP contribution in [0.2, 0.25) is 5.02 Å². The summed E-state index contributed by atoms with van der Waals surface area (Å²) in [7, 11) is -3.70. The van der Waals surface area contributed by atoms with Crippen LogP contribution in [0.5, 0.6) is 0 Å². The van der Waals surface area contributed by atoms with Crippen molar-refractivity contribution in [1.29, 1.82) is 0 Å². The normalized spacial score (nSPS) is 15.1. The highest BCUT2D eigenvalue weighted by atomic mass is 35.5. The molecule has 0 spiro atoms. The summed E-state index contributed by atoms with van der Waals surface area (Å²) in [4.78, 5) is 25.0. The highest BCUT2D eigenvalue weighted by Crippen LogP contribution is 2.24. The Kier molecular flexibility index (Phi) is 5.88. The van der Waals surface area contributed by atoms with E-state index in [0.717, 1.165) is 12.8 Å². The lowest BCUT2D eigenvalue weighted by Crippen LogP contribution is -2.27. The molecule has 28 heavy (non-hydrogen) atoms. The third-order valence-corrected chi connectivity index (χ3v) is 6.19. The van der Waals surface area contributed by atoms with Gasteiger partial charge in [-0.15, -0.1) is 0 Å². The van der Waals surface area contributed by atoms with Gasteiger partial charge in [-0.3, -0.25) is 4.79 Å². The van der Waals surface area contributed by atoms with E-state index >= 15 is 0 Å². The van der Waals surface area contributed by atoms with E-state index in [0.29, 0.717) is 16.1 Å². The van der Waals surface area contributed by atoms with Crippen LogP contribution < -0.4 is 4.72 Å². The van der Waals surface area contributed by atoms with Gasteiger partial charge in [0.1, 0.15) is 0 Å². The first-order valence-electron chi connectivity index (χ1n) is 8.81. The molecule has 1 unspecified atom stereocenters. The summed E-state index contributed by atoms with van der Waals surface area (Å²) in [6.45, 7) is 3.15. The first kappa shape index (κ1) is 20.5. The van der Waals surface area contributed by atoms with Crippen molar-refractivity contribution < 1.29 is 22.7 Å². The van der Waals surface area contributed by atoms with Crippen LogP contribution in [0.1, 0.15) is 46.0 Å². The Balaban J connectivity index is 1.77. The molecule has 2 aromatic carbocycles. The number of hydrogen-bond donors (Lipinski definition) is 1. The van der Waals surface area contributed by atoms with Crippen LogP contribution in [-0.2, 0) is 14.8 Å². The van der Waals surface area contributed by atoms with Gasteiger partial charge in [-0.05, 0) is 68.7 Å². The van der Waals surface area contributed by atoms with Gasteiger partial charge >= 0.3 is 5.97 Å². The van der Waals surface area contributed by atoms with Crippen LogP contribution in [0.25, 0.3) is 0 Å². The van der Waals surface area contributed by atoms with E-state index in [-0.39, 0.29) is 22.3 Å². The summed E-state index contributed by atoms with van der Waals surface area (Å²) >= 11 is 5.81. The van der Waals surface area contributed by atoms with Gasteiger partial charge in [0.05, 0.1) is 10.5 Å². The largest absolute Gasteiger partial charge is 0.451 e. The van der Waals surface area contributed by atoms with Crippen molar-refractivity contribution in [3.63, 3.8) is 0 Å². The summed E-state index contributed by atoms with van der Waals surface area (Å²) in [6, 6.07) is 10.5. The minimum absolute atomic E-state index is 0.00590. The molecule has 0 amide bonds. The number of aryl methyl sites for hydroxylation is 1. The number of halogens is 1. The molecular weight excluding hydrogens is 402 g/mol. The maximum Gasteiger partial charge on any atom is 0.339 e. The van der Waals surface area contributed by atoms with Crippen molar-refractivity contribution in [2.45, 2.75) is 43.7 Å². The number of sulfonamides is 1. The van der Waals surface area contributed by atoms with Crippen LogP contribution in [0.15, 0.2) is 47.4 Å². The average Bonchev–Trinajstić information content (AvgIpc) is 3.45. The Morgan fingerprint density at radius 1 is 1.14 bits per heavy atom. The molecule has 148 valence electrons. The molecule has 1 N–H and O–H groups in total. The molecule has 0 heterocycles. The molecule has 3 rings (SSSR count). The van der Waals surface area contributed by atoms with Gasteiger partial charge in [0, 0.05) is 16.6 Å². The highest BCUT2D eigenvalue weighted by molar-refractivity contribution is 7.89. The number of nitrogens with one attached hydrogen (secondary N) is 1. The number of hydrogen-bond acceptors (Lipinski definition) is 5. The molecule has 0 aromatic heterocycles. The lowest BCUT2D eigenvalue weighted by atomic mass is 10.1. The van der Waals surface area contributed by atoms with Gasteiger partial charge < -0.3 is 4.74 Å². The number of carbonyl (C=O) groups excluding carboxylic acids is 2. The summed E-state index contributed by atoms with van der Waals surface area (Å²) < 4.78 is 32.6. The molecule has 1 aliphatic carbocycles. The summed E-state index contributed by atoms with van der Waals surface area (Å²) in [5.74, 6) is -1.13. The number of benzene rings is 2. The van der Waals surface area contributed by atoms with E-state index in [1.807, 2.05) is 0 Å². The van der Waals surface area contributed by atoms with E-state index in [9.17, 15) is 18.0 Å². The number of ether oxygens (including phenoxy) is 1. The van der Waals surface area contributed by atoms with Crippen LogP contribution in [0.4, 0.5) is 0 Å². The summed E-state index contributed by atoms with van der Waals surface area (Å²) in [5.41, 5.74) is 1.03. The fourth-order valence-corrected chi connectivity index (χ4v) is 4.06. The molecule has 1 saturated carbocycles. The fourth-order valence-electron chi connectivity index (χ4n) is 2.60. The molecule has 6 nitrogen and oxygen atoms in total. The Hall–Kier alpha value is -2.22. The monoisotopic (exact) mass is 421 g/mol. The van der Waals surface area contributed by atoms with E-state index in [1.165, 1.54) is 19.1 Å². The van der Waals surface area contributed by atoms with Gasteiger partial charge in [0.2, 0.25) is 15.8 Å². The molecule has 0 aliphatic heterocycles. The standard InChI is InChI=1S/C20H20ClNO5S/c1-12-3-10-17(28(25,26)22-16-8-9-16)11-18(12)20(24)27-13(2)19(23)14-4-6-15(21)7-5-14/h3-7,10-11,13,16,22H,8-9H2,1-2H3. The van der Waals surface area contributed by atoms with Crippen LogP contribution in [-0.4, -0.2) is 32.3 Å². The topological polar surface area (TPSA) is 89.5 Å². The predicted molar refractivity (Wildman–Crippen MR) is 105 cm³/mol. The Morgan fingerprint density at radius 2 is 1.79 bits per heavy atom. The van der Waals surface area contributed by atoms with Gasteiger partial charge in [0.25, 0.3) is 0 Å². The molecule has 1 fully saturated rings. The number of ketones is 1. The van der Waals surface area contributed by atoms with Gasteiger partial charge in [-0.25, -0.2) is 17.9 Å². The van der Waals surface area contributed by atoms with E-state index < -0.39 is 22.1 Å². The van der Waals surface area contributed by atoms with E-state index in [4.69, 9.17) is 16.3 Å². The molecule has 1 aliphatic rings. The zero-order valence-electron chi connectivity index (χ0n) is 15.4. The lowest BCUT2D eigenvalue weighted by Gasteiger charge is -2.14. The van der Waals surface area contributed by atoms with Crippen molar-refractivity contribution in [3.8, 4) is 0 Å². The third-order valence-electron chi connectivity index (χ3n) is 4.42. The van der Waals surface area contributed by atoms with Crippen LogP contribution in [0, 0.1) is 6.92 Å². The number of esters is 1. The summed E-state index contributed by atoms with van der Waals surface area (Å²) in [6.07, 6.45) is 0.590. The van der Waals surface area contributed by atoms with Gasteiger partial charge in [0.15, 0.2) is 6.10 Å². The van der Waals surface area contributed by atoms with Crippen LogP contribution >= 0.6 is 11.6 Å². The van der Waals surface area contributed by atoms with Crippen molar-refractivity contribution in [3.05, 3.63) is 64.2 Å². The first-order chi connectivity index (χ1) is 13.2. The highest BCUT2D eigenvalue weighted by Gasteiger charge is 2.29. The Bertz CT molecular complexity index is 1010. The molecule has 1 atom stereocenters. The predicted octanol–water partition coefficient (Wildman–Crippen LogP) is 3.52. The Morgan fingerprint density at radius 3 is 2.39 bits per heavy atom. The number of carbonyl (C=O) groups is 2. The fraction of sp³-hybridized carbons (Fsp3) is 0.300. The SMILES string of the molecule is Cc1ccc(S(=O)(=O)NC2CC2)cc1C(=O)OC(C)C(=O)c1ccc(Cl)cc1. The molecule has 2 aromatic rings. The minimum Gasteiger partial charge on any atom is -0.451 e. The van der Waals surface area contributed by atoms with Crippen LogP contribution in [0.3, 0.4) is 0 Å². The average molecular weight is 422 g/mol. The second-order valence-electron chi connectivity index (χ2n) is 6.79. The zero-order valence-corrected chi connectivity index (χ0v) is 17.0. The number of Topliss-reactive ketones (excluding diaryl/α,β-unsaturated/α-hetero) is 1. The smallest absolute Gasteiger partial charge is 0.339 e. The van der Waals surface area contributed by atoms with Crippen molar-refractivity contribution in [1.82, 2.24) is 4.72 Å². The second-order valence-corrected chi connectivity index (χ2v) is 8.94. The minimum atomic E-state index is -3.70. The quantitative estimate of drug-likeness (QED) is 0.545. The molecule has 0 bridgehead atoms. The molecular formula is C20H20ClNO5S. The van der Waals surface area contributed by atoms with Gasteiger partial charge in [-0.1, -0.05) is 17.7 Å². The first-order valence-corrected chi connectivity index (χ1v) is 10.7. The maximum atomic E-state index is 12.6. The van der Waals surface area contributed by atoms with Crippen molar-refractivity contribution in [2.24, 2.45) is 0 Å². The zero-order chi connectivity index (χ0) is 20.5. The molecule has 0 saturated heterocycles. The van der Waals surface area contributed by atoms with E-state index in [1.54, 1.807) is 37.3 Å². The number of rotatable bonds is 7. The maximum absolute atomic E-state index is 12.6. The van der Waals surface area contributed by atoms with Gasteiger partial charge in [-0.2, -0.15) is 0 Å². The summed E-state index contributed by atoms with van der Waals surface area (Å²) in [5, 5.41) is 0.495. The molecule has 8 heteroatoms. The Labute approximate surface area is 168 Å². The second kappa shape index (κ2) is 8.03. The van der Waals surface area contributed by atoms with Crippen molar-refractivity contribution >= 4 is 33.4 Å². The lowest BCUT2D eigenvalue weighted by molar-refractivity contribution is 0.0318. The molecule has 0 radical (unpaired) electrons. The third kappa shape index (κ3) is 4.79.